The third-order valence-corrected chi connectivity index (χ3v) is 10.00. The average molecular weight is 329 g/mol. The molecule has 2 N–H and O–H groups in total. The quantitative estimate of drug-likeness (QED) is 0.759. The maximum atomic E-state index is 10.8. The Morgan fingerprint density at radius 1 is 1.29 bits per heavy atom. The summed E-state index contributed by atoms with van der Waals surface area (Å²) in [7, 11) is 0. The molecule has 1 saturated carbocycles. The van der Waals surface area contributed by atoms with E-state index in [1.165, 1.54) is 29.1 Å². The van der Waals surface area contributed by atoms with Crippen molar-refractivity contribution in [3.63, 3.8) is 0 Å². The second-order valence-corrected chi connectivity index (χ2v) is 10.4. The van der Waals surface area contributed by atoms with Gasteiger partial charge in [-0.05, 0) is 50.0 Å². The molecule has 4 heteroatoms. The number of hydrogen-bond donors (Lipinski definition) is 2. The molecule has 3 aliphatic rings. The van der Waals surface area contributed by atoms with Crippen LogP contribution in [0.3, 0.4) is 0 Å². The standard InChI is InChI=1S/C17H28O2S2/c1-11(10-18)13-8-14-12(2)17(20-6-7-21-17)5-4-16(14,3)15(19)9-13/h11,13,15,18-19H,4-10H2,1-3H3/t11-,13+,15+,16+/m1/s1. The summed E-state index contributed by atoms with van der Waals surface area (Å²) in [6.45, 7) is 6.94. The van der Waals surface area contributed by atoms with Gasteiger partial charge in [0.25, 0.3) is 0 Å². The fourth-order valence-corrected chi connectivity index (χ4v) is 7.80. The molecular weight excluding hydrogens is 300 g/mol. The van der Waals surface area contributed by atoms with Gasteiger partial charge in [0.1, 0.15) is 0 Å². The SMILES string of the molecule is CC1=C2C[C@H]([C@H](C)CO)C[C@H](O)[C@@]2(C)CCC12SCCS2. The van der Waals surface area contributed by atoms with E-state index < -0.39 is 0 Å². The predicted molar refractivity (Wildman–Crippen MR) is 92.7 cm³/mol. The van der Waals surface area contributed by atoms with Crippen LogP contribution >= 0.6 is 23.5 Å². The van der Waals surface area contributed by atoms with Crippen molar-refractivity contribution >= 4 is 23.5 Å². The lowest BCUT2D eigenvalue weighted by molar-refractivity contribution is -0.00887. The lowest BCUT2D eigenvalue weighted by Gasteiger charge is -2.52. The Morgan fingerprint density at radius 3 is 2.57 bits per heavy atom. The highest BCUT2D eigenvalue weighted by atomic mass is 32.2. The summed E-state index contributed by atoms with van der Waals surface area (Å²) in [6, 6.07) is 0. The van der Waals surface area contributed by atoms with Gasteiger partial charge in [-0.2, -0.15) is 0 Å². The van der Waals surface area contributed by atoms with E-state index in [2.05, 4.69) is 44.3 Å². The van der Waals surface area contributed by atoms with Crippen LogP contribution < -0.4 is 0 Å². The second-order valence-electron chi connectivity index (χ2n) is 7.35. The van der Waals surface area contributed by atoms with Crippen LogP contribution in [0.1, 0.15) is 46.5 Å². The van der Waals surface area contributed by atoms with Crippen LogP contribution in [0.4, 0.5) is 0 Å². The molecule has 0 unspecified atom stereocenters. The van der Waals surface area contributed by atoms with Gasteiger partial charge in [0.2, 0.25) is 0 Å². The Kier molecular flexibility index (Phi) is 4.46. The molecule has 1 heterocycles. The van der Waals surface area contributed by atoms with Crippen molar-refractivity contribution in [2.45, 2.75) is 56.6 Å². The first-order valence-electron chi connectivity index (χ1n) is 8.20. The highest BCUT2D eigenvalue weighted by Crippen LogP contribution is 2.62. The zero-order chi connectivity index (χ0) is 15.3. The first kappa shape index (κ1) is 16.2. The minimum absolute atomic E-state index is 0.0231. The van der Waals surface area contributed by atoms with E-state index in [0.29, 0.717) is 10.00 Å². The van der Waals surface area contributed by atoms with Crippen LogP contribution in [0.25, 0.3) is 0 Å². The van der Waals surface area contributed by atoms with E-state index in [1.807, 2.05) is 0 Å². The molecule has 1 spiro atoms. The monoisotopic (exact) mass is 328 g/mol. The molecule has 21 heavy (non-hydrogen) atoms. The van der Waals surface area contributed by atoms with Crippen molar-refractivity contribution in [2.75, 3.05) is 18.1 Å². The van der Waals surface area contributed by atoms with Crippen molar-refractivity contribution in [1.82, 2.24) is 0 Å². The van der Waals surface area contributed by atoms with Gasteiger partial charge < -0.3 is 10.2 Å². The van der Waals surface area contributed by atoms with Gasteiger partial charge in [-0.1, -0.05) is 19.4 Å². The van der Waals surface area contributed by atoms with Crippen LogP contribution in [0.5, 0.6) is 0 Å². The van der Waals surface area contributed by atoms with E-state index in [1.54, 1.807) is 0 Å². The molecular formula is C17H28O2S2. The summed E-state index contributed by atoms with van der Waals surface area (Å²) in [6.07, 6.45) is 3.99. The molecule has 0 aromatic heterocycles. The molecule has 0 amide bonds. The zero-order valence-electron chi connectivity index (χ0n) is 13.4. The van der Waals surface area contributed by atoms with Gasteiger partial charge in [0.05, 0.1) is 10.2 Å². The molecule has 4 atom stereocenters. The molecule has 1 aliphatic heterocycles. The van der Waals surface area contributed by atoms with Crippen molar-refractivity contribution in [3.8, 4) is 0 Å². The van der Waals surface area contributed by atoms with Gasteiger partial charge in [0.15, 0.2) is 0 Å². The minimum atomic E-state index is -0.246. The molecule has 2 fully saturated rings. The molecule has 1 saturated heterocycles. The highest BCUT2D eigenvalue weighted by molar-refractivity contribution is 8.21. The summed E-state index contributed by atoms with van der Waals surface area (Å²) in [5.41, 5.74) is 3.03. The maximum absolute atomic E-state index is 10.8. The number of rotatable bonds is 2. The average Bonchev–Trinajstić information content (AvgIpc) is 2.95. The van der Waals surface area contributed by atoms with E-state index >= 15 is 0 Å². The third-order valence-electron chi connectivity index (χ3n) is 6.26. The van der Waals surface area contributed by atoms with Gasteiger partial charge >= 0.3 is 0 Å². The molecule has 2 aliphatic carbocycles. The normalized spacial score (nSPS) is 40.4. The summed E-state index contributed by atoms with van der Waals surface area (Å²) < 4.78 is 0.291. The van der Waals surface area contributed by atoms with E-state index in [4.69, 9.17) is 0 Å². The van der Waals surface area contributed by atoms with E-state index in [9.17, 15) is 10.2 Å². The fraction of sp³-hybridized carbons (Fsp3) is 0.882. The van der Waals surface area contributed by atoms with Crippen molar-refractivity contribution in [2.24, 2.45) is 17.3 Å². The smallest absolute Gasteiger partial charge is 0.0821 e. The highest BCUT2D eigenvalue weighted by Gasteiger charge is 2.52. The van der Waals surface area contributed by atoms with Gasteiger partial charge in [-0.15, -0.1) is 23.5 Å². The van der Waals surface area contributed by atoms with Gasteiger partial charge in [-0.25, -0.2) is 0 Å². The van der Waals surface area contributed by atoms with Crippen LogP contribution in [0, 0.1) is 17.3 Å². The Hall–Kier alpha value is 0.360. The molecule has 0 bridgehead atoms. The first-order chi connectivity index (χ1) is 9.93. The van der Waals surface area contributed by atoms with Gasteiger partial charge in [-0.3, -0.25) is 0 Å². The van der Waals surface area contributed by atoms with Crippen LogP contribution in [0.15, 0.2) is 11.1 Å². The molecule has 0 aromatic rings. The van der Waals surface area contributed by atoms with Crippen LogP contribution in [0.2, 0.25) is 0 Å². The van der Waals surface area contributed by atoms with Crippen molar-refractivity contribution in [3.05, 3.63) is 11.1 Å². The van der Waals surface area contributed by atoms with Crippen LogP contribution in [-0.2, 0) is 0 Å². The van der Waals surface area contributed by atoms with E-state index in [0.717, 1.165) is 19.3 Å². The number of hydrogen-bond acceptors (Lipinski definition) is 4. The molecule has 2 nitrogen and oxygen atoms in total. The van der Waals surface area contributed by atoms with E-state index in [-0.39, 0.29) is 24.0 Å². The summed E-state index contributed by atoms with van der Waals surface area (Å²) in [5, 5.41) is 20.3. The molecule has 3 rings (SSSR count). The molecule has 120 valence electrons. The number of thioether (sulfide) groups is 2. The van der Waals surface area contributed by atoms with Crippen LogP contribution in [-0.4, -0.2) is 38.5 Å². The second kappa shape index (κ2) is 5.77. The van der Waals surface area contributed by atoms with Gasteiger partial charge in [0, 0.05) is 23.5 Å². The Morgan fingerprint density at radius 2 is 1.95 bits per heavy atom. The fourth-order valence-electron chi connectivity index (χ4n) is 4.47. The lowest BCUT2D eigenvalue weighted by Crippen LogP contribution is -2.47. The summed E-state index contributed by atoms with van der Waals surface area (Å²) >= 11 is 4.24. The summed E-state index contributed by atoms with van der Waals surface area (Å²) in [4.78, 5) is 0. The number of aliphatic hydroxyl groups excluding tert-OH is 2. The molecule has 0 radical (unpaired) electrons. The summed E-state index contributed by atoms with van der Waals surface area (Å²) in [5.74, 6) is 3.22. The predicted octanol–water partition coefficient (Wildman–Crippen LogP) is 3.68. The largest absolute Gasteiger partial charge is 0.396 e. The first-order valence-corrected chi connectivity index (χ1v) is 10.2. The minimum Gasteiger partial charge on any atom is -0.396 e. The third kappa shape index (κ3) is 2.50. The number of fused-ring (bicyclic) bond motifs is 1. The Labute approximate surface area is 137 Å². The Bertz CT molecular complexity index is 442. The lowest BCUT2D eigenvalue weighted by atomic mass is 9.58. The molecule has 0 aromatic carbocycles. The number of aliphatic hydroxyl groups is 2. The van der Waals surface area contributed by atoms with Crippen molar-refractivity contribution < 1.29 is 10.2 Å². The zero-order valence-corrected chi connectivity index (χ0v) is 15.0. The Balaban J connectivity index is 1.97. The van der Waals surface area contributed by atoms with Crippen molar-refractivity contribution in [1.29, 1.82) is 0 Å². The maximum Gasteiger partial charge on any atom is 0.0821 e. The topological polar surface area (TPSA) is 40.5 Å².